The zero-order chi connectivity index (χ0) is 12.6. The fourth-order valence-electron chi connectivity index (χ4n) is 1.83. The second-order valence-corrected chi connectivity index (χ2v) is 4.20. The molecule has 90 valence electrons. The van der Waals surface area contributed by atoms with E-state index in [4.69, 9.17) is 5.11 Å². The van der Waals surface area contributed by atoms with Crippen LogP contribution in [0, 0.1) is 0 Å². The van der Waals surface area contributed by atoms with Gasteiger partial charge in [-0.2, -0.15) is 0 Å². The molecule has 0 radical (unpaired) electrons. The normalized spacial score (nSPS) is 11.1. The molecule has 0 bridgehead atoms. The SMILES string of the molecule is CNc1ccn2c(C(C)C)nc(C(=O)O)c2c1. The summed E-state index contributed by atoms with van der Waals surface area (Å²) in [6.45, 7) is 3.98. The Bertz CT molecular complexity index is 572. The number of hydrogen-bond donors (Lipinski definition) is 2. The number of anilines is 1. The van der Waals surface area contributed by atoms with E-state index >= 15 is 0 Å². The number of carboxylic acids is 1. The first kappa shape index (κ1) is 11.4. The van der Waals surface area contributed by atoms with E-state index in [0.29, 0.717) is 5.52 Å². The lowest BCUT2D eigenvalue weighted by atomic mass is 10.2. The average molecular weight is 233 g/mol. The van der Waals surface area contributed by atoms with Crippen LogP contribution in [-0.2, 0) is 0 Å². The maximum Gasteiger partial charge on any atom is 0.356 e. The minimum absolute atomic E-state index is 0.103. The van der Waals surface area contributed by atoms with Crippen LogP contribution >= 0.6 is 0 Å². The Hall–Kier alpha value is -2.04. The molecule has 0 unspecified atom stereocenters. The minimum atomic E-state index is -0.998. The molecule has 0 aromatic carbocycles. The van der Waals surface area contributed by atoms with Crippen molar-refractivity contribution in [3.05, 3.63) is 29.8 Å². The molecule has 17 heavy (non-hydrogen) atoms. The van der Waals surface area contributed by atoms with E-state index in [1.807, 2.05) is 30.5 Å². The summed E-state index contributed by atoms with van der Waals surface area (Å²) in [6.07, 6.45) is 1.84. The number of aromatic nitrogens is 2. The van der Waals surface area contributed by atoms with Crippen molar-refractivity contribution >= 4 is 17.2 Å². The van der Waals surface area contributed by atoms with Gasteiger partial charge in [0.1, 0.15) is 5.82 Å². The highest BCUT2D eigenvalue weighted by Crippen LogP contribution is 2.22. The molecule has 0 amide bonds. The Morgan fingerprint density at radius 3 is 2.76 bits per heavy atom. The van der Waals surface area contributed by atoms with Crippen molar-refractivity contribution in [2.24, 2.45) is 0 Å². The molecular weight excluding hydrogens is 218 g/mol. The molecule has 2 aromatic heterocycles. The van der Waals surface area contributed by atoms with Gasteiger partial charge in [-0.05, 0) is 12.1 Å². The summed E-state index contributed by atoms with van der Waals surface area (Å²) in [7, 11) is 1.80. The van der Waals surface area contributed by atoms with Gasteiger partial charge >= 0.3 is 5.97 Å². The number of carboxylic acid groups (broad SMARTS) is 1. The third-order valence-electron chi connectivity index (χ3n) is 2.68. The molecule has 0 aliphatic carbocycles. The molecular formula is C12H15N3O2. The Morgan fingerprint density at radius 2 is 2.24 bits per heavy atom. The third-order valence-corrected chi connectivity index (χ3v) is 2.68. The summed E-state index contributed by atoms with van der Waals surface area (Å²) in [5.41, 5.74) is 1.59. The van der Waals surface area contributed by atoms with E-state index in [-0.39, 0.29) is 11.6 Å². The van der Waals surface area contributed by atoms with E-state index in [1.54, 1.807) is 13.1 Å². The second kappa shape index (κ2) is 4.08. The van der Waals surface area contributed by atoms with Gasteiger partial charge in [-0.25, -0.2) is 9.78 Å². The summed E-state index contributed by atoms with van der Waals surface area (Å²) in [6, 6.07) is 3.69. The van der Waals surface area contributed by atoms with Crippen LogP contribution in [0.1, 0.15) is 36.1 Å². The van der Waals surface area contributed by atoms with Gasteiger partial charge in [0.05, 0.1) is 5.52 Å². The fourth-order valence-corrected chi connectivity index (χ4v) is 1.83. The van der Waals surface area contributed by atoms with E-state index in [2.05, 4.69) is 10.3 Å². The number of aromatic carboxylic acids is 1. The van der Waals surface area contributed by atoms with Crippen LogP contribution in [0.15, 0.2) is 18.3 Å². The molecule has 0 spiro atoms. The number of imidazole rings is 1. The molecule has 0 aliphatic rings. The molecule has 2 rings (SSSR count). The van der Waals surface area contributed by atoms with Gasteiger partial charge in [0, 0.05) is 24.8 Å². The van der Waals surface area contributed by atoms with Gasteiger partial charge in [0.2, 0.25) is 0 Å². The van der Waals surface area contributed by atoms with Crippen LogP contribution in [0.25, 0.3) is 5.52 Å². The molecule has 5 nitrogen and oxygen atoms in total. The van der Waals surface area contributed by atoms with Crippen LogP contribution in [0.3, 0.4) is 0 Å². The van der Waals surface area contributed by atoms with E-state index in [9.17, 15) is 4.79 Å². The predicted octanol–water partition coefficient (Wildman–Crippen LogP) is 2.20. The van der Waals surface area contributed by atoms with Gasteiger partial charge in [0.25, 0.3) is 0 Å². The Kier molecular flexibility index (Phi) is 2.75. The van der Waals surface area contributed by atoms with Gasteiger partial charge in [0.15, 0.2) is 5.69 Å². The Labute approximate surface area is 99.1 Å². The summed E-state index contributed by atoms with van der Waals surface area (Å²) >= 11 is 0. The van der Waals surface area contributed by atoms with E-state index in [1.165, 1.54) is 0 Å². The number of pyridine rings is 1. The lowest BCUT2D eigenvalue weighted by molar-refractivity contribution is 0.0693. The van der Waals surface area contributed by atoms with Crippen LogP contribution in [0.5, 0.6) is 0 Å². The van der Waals surface area contributed by atoms with Crippen molar-refractivity contribution in [3.63, 3.8) is 0 Å². The summed E-state index contributed by atoms with van der Waals surface area (Å²) < 4.78 is 1.83. The van der Waals surface area contributed by atoms with Crippen LogP contribution < -0.4 is 5.32 Å². The van der Waals surface area contributed by atoms with Crippen molar-refractivity contribution in [2.45, 2.75) is 19.8 Å². The van der Waals surface area contributed by atoms with Crippen LogP contribution in [0.4, 0.5) is 5.69 Å². The third kappa shape index (κ3) is 1.84. The smallest absolute Gasteiger partial charge is 0.356 e. The van der Waals surface area contributed by atoms with Crippen LogP contribution in [-0.4, -0.2) is 27.5 Å². The lowest BCUT2D eigenvalue weighted by Gasteiger charge is -2.05. The highest BCUT2D eigenvalue weighted by Gasteiger charge is 2.18. The van der Waals surface area contributed by atoms with Crippen molar-refractivity contribution in [1.82, 2.24) is 9.38 Å². The standard InChI is InChI=1S/C12H15N3O2/c1-7(2)11-14-10(12(16)17)9-6-8(13-3)4-5-15(9)11/h4-7,13H,1-3H3,(H,16,17). The molecule has 0 saturated heterocycles. The minimum Gasteiger partial charge on any atom is -0.476 e. The highest BCUT2D eigenvalue weighted by atomic mass is 16.4. The monoisotopic (exact) mass is 233 g/mol. The number of carbonyl (C=O) groups is 1. The molecule has 0 fully saturated rings. The maximum absolute atomic E-state index is 11.2. The summed E-state index contributed by atoms with van der Waals surface area (Å²) in [5.74, 6) is -0.0567. The van der Waals surface area contributed by atoms with Gasteiger partial charge in [-0.3, -0.25) is 0 Å². The molecule has 0 aliphatic heterocycles. The fraction of sp³-hybridized carbons (Fsp3) is 0.333. The number of rotatable bonds is 3. The van der Waals surface area contributed by atoms with Gasteiger partial charge < -0.3 is 14.8 Å². The zero-order valence-electron chi connectivity index (χ0n) is 10.1. The molecule has 0 atom stereocenters. The summed E-state index contributed by atoms with van der Waals surface area (Å²) in [5, 5.41) is 12.1. The number of hydrogen-bond acceptors (Lipinski definition) is 3. The molecule has 5 heteroatoms. The molecule has 2 N–H and O–H groups in total. The quantitative estimate of drug-likeness (QED) is 0.852. The first-order valence-corrected chi connectivity index (χ1v) is 5.47. The molecule has 0 saturated carbocycles. The first-order chi connectivity index (χ1) is 8.04. The topological polar surface area (TPSA) is 66.6 Å². The number of nitrogens with one attached hydrogen (secondary N) is 1. The summed E-state index contributed by atoms with van der Waals surface area (Å²) in [4.78, 5) is 15.4. The van der Waals surface area contributed by atoms with Crippen molar-refractivity contribution in [2.75, 3.05) is 12.4 Å². The lowest BCUT2D eigenvalue weighted by Crippen LogP contribution is -1.98. The molecule has 2 heterocycles. The van der Waals surface area contributed by atoms with Crippen molar-refractivity contribution in [1.29, 1.82) is 0 Å². The number of nitrogens with zero attached hydrogens (tertiary/aromatic N) is 2. The average Bonchev–Trinajstić information content (AvgIpc) is 2.67. The Balaban J connectivity index is 2.76. The first-order valence-electron chi connectivity index (χ1n) is 5.47. The van der Waals surface area contributed by atoms with Crippen LogP contribution in [0.2, 0.25) is 0 Å². The number of fused-ring (bicyclic) bond motifs is 1. The van der Waals surface area contributed by atoms with Crippen molar-refractivity contribution in [3.8, 4) is 0 Å². The highest BCUT2D eigenvalue weighted by molar-refractivity contribution is 5.94. The largest absolute Gasteiger partial charge is 0.476 e. The van der Waals surface area contributed by atoms with E-state index < -0.39 is 5.97 Å². The zero-order valence-corrected chi connectivity index (χ0v) is 10.1. The maximum atomic E-state index is 11.2. The van der Waals surface area contributed by atoms with Gasteiger partial charge in [-0.1, -0.05) is 13.8 Å². The Morgan fingerprint density at radius 1 is 1.53 bits per heavy atom. The second-order valence-electron chi connectivity index (χ2n) is 4.20. The predicted molar refractivity (Wildman–Crippen MR) is 65.8 cm³/mol. The van der Waals surface area contributed by atoms with Crippen molar-refractivity contribution < 1.29 is 9.90 Å². The van der Waals surface area contributed by atoms with E-state index in [0.717, 1.165) is 11.5 Å². The molecule has 2 aromatic rings. The van der Waals surface area contributed by atoms with Gasteiger partial charge in [-0.15, -0.1) is 0 Å².